The van der Waals surface area contributed by atoms with Gasteiger partial charge in [-0.2, -0.15) is 0 Å². The van der Waals surface area contributed by atoms with Crippen LogP contribution >= 0.6 is 24.0 Å². The van der Waals surface area contributed by atoms with Crippen LogP contribution in [0.1, 0.15) is 25.7 Å². The zero-order valence-electron chi connectivity index (χ0n) is 15.3. The van der Waals surface area contributed by atoms with Gasteiger partial charge in [-0.3, -0.25) is 4.99 Å². The molecule has 1 aromatic carbocycles. The lowest BCUT2D eigenvalue weighted by molar-refractivity contribution is 0.232. The minimum absolute atomic E-state index is 0. The summed E-state index contributed by atoms with van der Waals surface area (Å²) in [4.78, 5) is 9.38. The lowest BCUT2D eigenvalue weighted by Gasteiger charge is -2.27. The predicted molar refractivity (Wildman–Crippen MR) is 117 cm³/mol. The molecule has 25 heavy (non-hydrogen) atoms. The monoisotopic (exact) mass is 457 g/mol. The number of nitrogens with zero attached hydrogens (tertiary/aromatic N) is 3. The second-order valence-electron chi connectivity index (χ2n) is 6.81. The van der Waals surface area contributed by atoms with Gasteiger partial charge >= 0.3 is 0 Å². The molecule has 1 aromatic rings. The number of halogens is 1. The van der Waals surface area contributed by atoms with E-state index in [0.717, 1.165) is 38.6 Å². The van der Waals surface area contributed by atoms with Gasteiger partial charge in [0, 0.05) is 45.0 Å². The summed E-state index contributed by atoms with van der Waals surface area (Å²) in [6.07, 6.45) is 5.25. The highest BCUT2D eigenvalue weighted by atomic mass is 127. The molecule has 3 rings (SSSR count). The molecule has 0 spiro atoms. The Morgan fingerprint density at radius 3 is 2.60 bits per heavy atom. The Bertz CT molecular complexity index is 516. The average Bonchev–Trinajstić information content (AvgIpc) is 3.11. The SMILES string of the molecule is CN=C(NCCN1CCCCC1)NC1CCN(c2ccccc2)C1.I. The first kappa shape index (κ1) is 20.3. The summed E-state index contributed by atoms with van der Waals surface area (Å²) in [5.74, 6) is 0.937. The van der Waals surface area contributed by atoms with Crippen LogP contribution in [0.15, 0.2) is 35.3 Å². The van der Waals surface area contributed by atoms with Gasteiger partial charge in [0.25, 0.3) is 0 Å². The van der Waals surface area contributed by atoms with E-state index in [1.807, 2.05) is 7.05 Å². The second kappa shape index (κ2) is 10.9. The van der Waals surface area contributed by atoms with E-state index in [2.05, 4.69) is 55.8 Å². The van der Waals surface area contributed by atoms with Crippen molar-refractivity contribution in [3.05, 3.63) is 30.3 Å². The highest BCUT2D eigenvalue weighted by Crippen LogP contribution is 2.19. The lowest BCUT2D eigenvalue weighted by Crippen LogP contribution is -2.47. The molecule has 2 N–H and O–H groups in total. The van der Waals surface area contributed by atoms with E-state index >= 15 is 0 Å². The third-order valence-electron chi connectivity index (χ3n) is 5.04. The van der Waals surface area contributed by atoms with Crippen molar-refractivity contribution < 1.29 is 0 Å². The molecule has 0 radical (unpaired) electrons. The Hall–Kier alpha value is -1.02. The molecule has 2 aliphatic heterocycles. The van der Waals surface area contributed by atoms with E-state index in [0.29, 0.717) is 6.04 Å². The Labute approximate surface area is 169 Å². The van der Waals surface area contributed by atoms with Crippen molar-refractivity contribution in [3.63, 3.8) is 0 Å². The summed E-state index contributed by atoms with van der Waals surface area (Å²) < 4.78 is 0. The predicted octanol–water partition coefficient (Wildman–Crippen LogP) is 2.53. The van der Waals surface area contributed by atoms with Crippen molar-refractivity contribution in [2.24, 2.45) is 4.99 Å². The average molecular weight is 457 g/mol. The summed E-state index contributed by atoms with van der Waals surface area (Å²) in [7, 11) is 1.86. The van der Waals surface area contributed by atoms with E-state index in [1.54, 1.807) is 0 Å². The fourth-order valence-electron chi connectivity index (χ4n) is 3.65. The number of guanidine groups is 1. The largest absolute Gasteiger partial charge is 0.369 e. The van der Waals surface area contributed by atoms with Gasteiger partial charge in [-0.25, -0.2) is 0 Å². The fourth-order valence-corrected chi connectivity index (χ4v) is 3.65. The van der Waals surface area contributed by atoms with Gasteiger partial charge < -0.3 is 20.4 Å². The van der Waals surface area contributed by atoms with Crippen LogP contribution in [0.4, 0.5) is 5.69 Å². The van der Waals surface area contributed by atoms with Crippen LogP contribution in [0.2, 0.25) is 0 Å². The van der Waals surface area contributed by atoms with E-state index < -0.39 is 0 Å². The molecule has 2 fully saturated rings. The van der Waals surface area contributed by atoms with Gasteiger partial charge in [-0.1, -0.05) is 24.6 Å². The van der Waals surface area contributed by atoms with E-state index in [1.165, 1.54) is 38.0 Å². The summed E-state index contributed by atoms with van der Waals surface area (Å²) in [5.41, 5.74) is 1.31. The minimum Gasteiger partial charge on any atom is -0.369 e. The number of piperidine rings is 1. The number of rotatable bonds is 5. The Morgan fingerprint density at radius 2 is 1.88 bits per heavy atom. The van der Waals surface area contributed by atoms with Gasteiger partial charge in [-0.05, 0) is 44.5 Å². The first-order chi connectivity index (χ1) is 11.8. The molecule has 5 nitrogen and oxygen atoms in total. The maximum absolute atomic E-state index is 4.39. The molecule has 1 atom stereocenters. The number of hydrogen-bond donors (Lipinski definition) is 2. The van der Waals surface area contributed by atoms with E-state index in [-0.39, 0.29) is 24.0 Å². The standard InChI is InChI=1S/C19H31N5.HI/c1-20-19(21-11-15-23-12-6-3-7-13-23)22-17-10-14-24(16-17)18-8-4-2-5-9-18;/h2,4-5,8-9,17H,3,6-7,10-16H2,1H3,(H2,20,21,22);1H. The quantitative estimate of drug-likeness (QED) is 0.405. The normalized spacial score (nSPS) is 21.7. The summed E-state index contributed by atoms with van der Waals surface area (Å²) in [6.45, 7) is 6.73. The Balaban J connectivity index is 0.00000225. The second-order valence-corrected chi connectivity index (χ2v) is 6.81. The molecule has 0 aromatic heterocycles. The summed E-state index contributed by atoms with van der Waals surface area (Å²) in [6, 6.07) is 11.1. The van der Waals surface area contributed by atoms with Crippen molar-refractivity contribution in [3.8, 4) is 0 Å². The van der Waals surface area contributed by atoms with Gasteiger partial charge in [0.1, 0.15) is 0 Å². The van der Waals surface area contributed by atoms with Crippen LogP contribution in [-0.4, -0.2) is 63.2 Å². The molecular weight excluding hydrogens is 425 g/mol. The fraction of sp³-hybridized carbons (Fsp3) is 0.632. The Morgan fingerprint density at radius 1 is 1.12 bits per heavy atom. The first-order valence-electron chi connectivity index (χ1n) is 9.34. The number of hydrogen-bond acceptors (Lipinski definition) is 3. The van der Waals surface area contributed by atoms with Gasteiger partial charge in [0.05, 0.1) is 0 Å². The highest BCUT2D eigenvalue weighted by Gasteiger charge is 2.23. The van der Waals surface area contributed by atoms with Crippen LogP contribution in [0.5, 0.6) is 0 Å². The van der Waals surface area contributed by atoms with Crippen molar-refractivity contribution in [1.29, 1.82) is 0 Å². The molecule has 0 bridgehead atoms. The number of aliphatic imine (C=N–C) groups is 1. The Kier molecular flexibility index (Phi) is 8.81. The van der Waals surface area contributed by atoms with Crippen molar-refractivity contribution in [2.45, 2.75) is 31.7 Å². The van der Waals surface area contributed by atoms with Gasteiger partial charge in [0.2, 0.25) is 0 Å². The summed E-state index contributed by atoms with van der Waals surface area (Å²) >= 11 is 0. The molecule has 2 aliphatic rings. The van der Waals surface area contributed by atoms with Crippen molar-refractivity contribution in [2.75, 3.05) is 51.2 Å². The highest BCUT2D eigenvalue weighted by molar-refractivity contribution is 14.0. The molecular formula is C19H32IN5. The first-order valence-corrected chi connectivity index (χ1v) is 9.34. The minimum atomic E-state index is 0. The maximum Gasteiger partial charge on any atom is 0.191 e. The van der Waals surface area contributed by atoms with Crippen LogP contribution < -0.4 is 15.5 Å². The van der Waals surface area contributed by atoms with Crippen LogP contribution in [0, 0.1) is 0 Å². The number of nitrogens with one attached hydrogen (secondary N) is 2. The third-order valence-corrected chi connectivity index (χ3v) is 5.04. The van der Waals surface area contributed by atoms with E-state index in [4.69, 9.17) is 0 Å². The molecule has 0 saturated carbocycles. The molecule has 2 heterocycles. The van der Waals surface area contributed by atoms with Gasteiger partial charge in [0.15, 0.2) is 5.96 Å². The zero-order valence-corrected chi connectivity index (χ0v) is 17.6. The number of para-hydroxylation sites is 1. The number of anilines is 1. The number of benzene rings is 1. The van der Waals surface area contributed by atoms with E-state index in [9.17, 15) is 0 Å². The van der Waals surface area contributed by atoms with Crippen molar-refractivity contribution >= 4 is 35.6 Å². The maximum atomic E-state index is 4.39. The molecule has 6 heteroatoms. The van der Waals surface area contributed by atoms with Crippen LogP contribution in [-0.2, 0) is 0 Å². The molecule has 1 unspecified atom stereocenters. The van der Waals surface area contributed by atoms with Crippen LogP contribution in [0.3, 0.4) is 0 Å². The van der Waals surface area contributed by atoms with Crippen molar-refractivity contribution in [1.82, 2.24) is 15.5 Å². The molecule has 0 amide bonds. The topological polar surface area (TPSA) is 42.9 Å². The molecule has 140 valence electrons. The molecule has 0 aliphatic carbocycles. The lowest BCUT2D eigenvalue weighted by atomic mass is 10.1. The zero-order chi connectivity index (χ0) is 16.6. The van der Waals surface area contributed by atoms with Gasteiger partial charge in [-0.15, -0.1) is 24.0 Å². The third kappa shape index (κ3) is 6.33. The van der Waals surface area contributed by atoms with Crippen LogP contribution in [0.25, 0.3) is 0 Å². The smallest absolute Gasteiger partial charge is 0.191 e. The number of likely N-dealkylation sites (tertiary alicyclic amines) is 1. The molecule has 2 saturated heterocycles. The summed E-state index contributed by atoms with van der Waals surface area (Å²) in [5, 5.41) is 7.06.